The van der Waals surface area contributed by atoms with Crippen molar-refractivity contribution in [3.8, 4) is 5.75 Å². The highest BCUT2D eigenvalue weighted by molar-refractivity contribution is 7.92. The van der Waals surface area contributed by atoms with E-state index in [1.807, 2.05) is 0 Å². The minimum absolute atomic E-state index is 0.246. The quantitative estimate of drug-likeness (QED) is 0.297. The topological polar surface area (TPSA) is 117 Å². The molecule has 0 unspecified atom stereocenters. The maximum Gasteiger partial charge on any atom is 0.262 e. The van der Waals surface area contributed by atoms with Crippen molar-refractivity contribution < 1.29 is 27.1 Å². The van der Waals surface area contributed by atoms with E-state index in [1.54, 1.807) is 43.3 Å². The van der Waals surface area contributed by atoms with Gasteiger partial charge in [-0.1, -0.05) is 17.7 Å². The summed E-state index contributed by atoms with van der Waals surface area (Å²) in [6.07, 6.45) is 2.37. The average Bonchev–Trinajstić information content (AvgIpc) is 2.84. The van der Waals surface area contributed by atoms with E-state index in [0.717, 1.165) is 10.6 Å². The van der Waals surface area contributed by atoms with E-state index in [2.05, 4.69) is 15.8 Å². The third-order valence-electron chi connectivity index (χ3n) is 4.91. The van der Waals surface area contributed by atoms with Gasteiger partial charge in [0.05, 0.1) is 18.2 Å². The molecule has 3 aromatic carbocycles. The van der Waals surface area contributed by atoms with E-state index in [1.165, 1.54) is 36.5 Å². The summed E-state index contributed by atoms with van der Waals surface area (Å²) in [6, 6.07) is 16.7. The second-order valence-corrected chi connectivity index (χ2v) is 10.2. The van der Waals surface area contributed by atoms with Crippen molar-refractivity contribution in [2.45, 2.75) is 6.92 Å². The zero-order valence-corrected chi connectivity index (χ0v) is 21.5. The van der Waals surface area contributed by atoms with E-state index < -0.39 is 34.2 Å². The van der Waals surface area contributed by atoms with Gasteiger partial charge in [0.25, 0.3) is 11.8 Å². The van der Waals surface area contributed by atoms with Crippen LogP contribution in [0.1, 0.15) is 11.1 Å². The average molecular weight is 547 g/mol. The summed E-state index contributed by atoms with van der Waals surface area (Å²) in [4.78, 5) is 24.3. The number of anilines is 2. The third-order valence-corrected chi connectivity index (χ3v) is 6.27. The molecule has 0 saturated carbocycles. The van der Waals surface area contributed by atoms with Gasteiger partial charge in [-0.2, -0.15) is 5.10 Å². The molecule has 0 spiro atoms. The predicted molar refractivity (Wildman–Crippen MR) is 141 cm³/mol. The molecule has 0 aromatic heterocycles. The number of hydrazone groups is 1. The molecule has 37 heavy (non-hydrogen) atoms. The maximum absolute atomic E-state index is 12.9. The summed E-state index contributed by atoms with van der Waals surface area (Å²) < 4.78 is 43.9. The first-order chi connectivity index (χ1) is 17.5. The number of hydrogen-bond donors (Lipinski definition) is 2. The Balaban J connectivity index is 1.51. The molecule has 3 aromatic rings. The summed E-state index contributed by atoms with van der Waals surface area (Å²) in [5.74, 6) is -1.03. The number of nitrogens with one attached hydrogen (secondary N) is 2. The number of carbonyl (C=O) groups excluding carboxylic acids is 2. The van der Waals surface area contributed by atoms with Gasteiger partial charge >= 0.3 is 0 Å². The zero-order chi connectivity index (χ0) is 27.0. The summed E-state index contributed by atoms with van der Waals surface area (Å²) >= 11 is 6.00. The molecule has 0 saturated heterocycles. The van der Waals surface area contributed by atoms with Crippen molar-refractivity contribution in [1.29, 1.82) is 0 Å². The van der Waals surface area contributed by atoms with Crippen molar-refractivity contribution >= 4 is 51.0 Å². The van der Waals surface area contributed by atoms with E-state index in [9.17, 15) is 22.4 Å². The number of aryl methyl sites for hydroxylation is 1. The smallest absolute Gasteiger partial charge is 0.262 e. The molecule has 0 bridgehead atoms. The van der Waals surface area contributed by atoms with Gasteiger partial charge < -0.3 is 10.1 Å². The number of rotatable bonds is 10. The molecule has 2 amide bonds. The van der Waals surface area contributed by atoms with Crippen molar-refractivity contribution in [3.05, 3.63) is 88.7 Å². The molecular weight excluding hydrogens is 523 g/mol. The van der Waals surface area contributed by atoms with Crippen LogP contribution >= 0.6 is 11.6 Å². The summed E-state index contributed by atoms with van der Waals surface area (Å²) in [5, 5.41) is 6.79. The normalized spacial score (nSPS) is 11.2. The predicted octanol–water partition coefficient (Wildman–Crippen LogP) is 3.72. The lowest BCUT2D eigenvalue weighted by Gasteiger charge is -2.23. The number of benzene rings is 3. The van der Waals surface area contributed by atoms with Gasteiger partial charge in [0, 0.05) is 10.7 Å². The molecule has 0 fully saturated rings. The molecule has 194 valence electrons. The van der Waals surface area contributed by atoms with Crippen molar-refractivity contribution in [2.75, 3.05) is 29.0 Å². The zero-order valence-electron chi connectivity index (χ0n) is 19.9. The molecule has 0 atom stereocenters. The first-order valence-corrected chi connectivity index (χ1v) is 13.1. The Morgan fingerprint density at radius 1 is 1.05 bits per heavy atom. The Labute approximate surface area is 218 Å². The molecule has 0 aliphatic carbocycles. The number of sulfonamides is 1. The Morgan fingerprint density at radius 2 is 1.73 bits per heavy atom. The third kappa shape index (κ3) is 8.58. The van der Waals surface area contributed by atoms with Gasteiger partial charge in [0.2, 0.25) is 10.0 Å². The number of amides is 2. The van der Waals surface area contributed by atoms with Crippen LogP contribution in [0.15, 0.2) is 71.8 Å². The number of halogens is 2. The highest BCUT2D eigenvalue weighted by Gasteiger charge is 2.22. The SMILES string of the molecule is Cc1ccc(Cl)cc1N(CC(=O)N/N=C\c1ccc(OCC(=O)Nc2ccc(F)cc2)cc1)S(C)(=O)=O. The van der Waals surface area contributed by atoms with Gasteiger partial charge in [-0.25, -0.2) is 18.2 Å². The van der Waals surface area contributed by atoms with Crippen LogP contribution in [-0.2, 0) is 19.6 Å². The molecule has 12 heteroatoms. The fraction of sp³-hybridized carbons (Fsp3) is 0.160. The maximum atomic E-state index is 12.9. The van der Waals surface area contributed by atoms with Crippen LogP contribution in [0, 0.1) is 12.7 Å². The van der Waals surface area contributed by atoms with Crippen molar-refractivity contribution in [2.24, 2.45) is 5.10 Å². The van der Waals surface area contributed by atoms with Gasteiger partial charge in [-0.3, -0.25) is 13.9 Å². The second kappa shape index (κ2) is 12.3. The first kappa shape index (κ1) is 27.6. The fourth-order valence-electron chi connectivity index (χ4n) is 3.11. The lowest BCUT2D eigenvalue weighted by Crippen LogP contribution is -2.39. The summed E-state index contributed by atoms with van der Waals surface area (Å²) in [6.45, 7) is 0.985. The minimum Gasteiger partial charge on any atom is -0.484 e. The molecule has 0 heterocycles. The number of nitrogens with zero attached hydrogens (tertiary/aromatic N) is 2. The molecule has 2 N–H and O–H groups in total. The largest absolute Gasteiger partial charge is 0.484 e. The minimum atomic E-state index is -3.76. The van der Waals surface area contributed by atoms with Gasteiger partial charge in [0.1, 0.15) is 18.1 Å². The molecule has 0 aliphatic heterocycles. The van der Waals surface area contributed by atoms with E-state index in [0.29, 0.717) is 33.3 Å². The van der Waals surface area contributed by atoms with Crippen LogP contribution in [0.2, 0.25) is 5.02 Å². The van der Waals surface area contributed by atoms with Gasteiger partial charge in [-0.05, 0) is 78.7 Å². The standard InChI is InChI=1S/C25H24ClFN4O5S/c1-17-3-6-19(26)13-23(17)31(37(2,34)35)15-24(32)30-28-14-18-4-11-22(12-5-18)36-16-25(33)29-21-9-7-20(27)8-10-21/h3-14H,15-16H2,1-2H3,(H,29,33)(H,30,32)/b28-14-. The van der Waals surface area contributed by atoms with E-state index >= 15 is 0 Å². The lowest BCUT2D eigenvalue weighted by atomic mass is 10.2. The Morgan fingerprint density at radius 3 is 2.38 bits per heavy atom. The monoisotopic (exact) mass is 546 g/mol. The molecule has 3 rings (SSSR count). The van der Waals surface area contributed by atoms with Gasteiger partial charge in [-0.15, -0.1) is 0 Å². The molecule has 0 aliphatic rings. The van der Waals surface area contributed by atoms with Crippen LogP contribution in [0.5, 0.6) is 5.75 Å². The Kier molecular flexibility index (Phi) is 9.20. The van der Waals surface area contributed by atoms with Crippen LogP contribution in [0.3, 0.4) is 0 Å². The first-order valence-electron chi connectivity index (χ1n) is 10.9. The lowest BCUT2D eigenvalue weighted by molar-refractivity contribution is -0.119. The summed E-state index contributed by atoms with van der Waals surface area (Å²) in [5.41, 5.74) is 4.31. The van der Waals surface area contributed by atoms with Crippen LogP contribution in [-0.4, -0.2) is 45.9 Å². The number of ether oxygens (including phenoxy) is 1. The second-order valence-electron chi connectivity index (χ2n) is 7.91. The highest BCUT2D eigenvalue weighted by Crippen LogP contribution is 2.26. The Hall–Kier alpha value is -3.96. The van der Waals surface area contributed by atoms with Crippen LogP contribution in [0.4, 0.5) is 15.8 Å². The van der Waals surface area contributed by atoms with E-state index in [-0.39, 0.29) is 6.61 Å². The summed E-state index contributed by atoms with van der Waals surface area (Å²) in [7, 11) is -3.76. The van der Waals surface area contributed by atoms with Crippen molar-refractivity contribution in [3.63, 3.8) is 0 Å². The van der Waals surface area contributed by atoms with Gasteiger partial charge in [0.15, 0.2) is 6.61 Å². The van der Waals surface area contributed by atoms with Crippen LogP contribution < -0.4 is 19.8 Å². The number of carbonyl (C=O) groups is 2. The molecule has 0 radical (unpaired) electrons. The number of hydrogen-bond acceptors (Lipinski definition) is 6. The fourth-order valence-corrected chi connectivity index (χ4v) is 4.18. The molecule has 9 nitrogen and oxygen atoms in total. The Bertz CT molecular complexity index is 1400. The molecular formula is C25H24ClFN4O5S. The van der Waals surface area contributed by atoms with Crippen molar-refractivity contribution in [1.82, 2.24) is 5.43 Å². The highest BCUT2D eigenvalue weighted by atomic mass is 35.5. The van der Waals surface area contributed by atoms with Crippen LogP contribution in [0.25, 0.3) is 0 Å². The van der Waals surface area contributed by atoms with E-state index in [4.69, 9.17) is 16.3 Å².